The van der Waals surface area contributed by atoms with E-state index in [9.17, 15) is 0 Å². The normalized spacial score (nSPS) is 17.0. The van der Waals surface area contributed by atoms with E-state index in [-0.39, 0.29) is 48.9 Å². The lowest BCUT2D eigenvalue weighted by molar-refractivity contribution is -0.215. The molecule has 0 saturated heterocycles. The van der Waals surface area contributed by atoms with Crippen molar-refractivity contribution in [1.29, 1.82) is 0 Å². The van der Waals surface area contributed by atoms with E-state index < -0.39 is 0 Å². The maximum Gasteiger partial charge on any atom is 0.0154 e. The zero-order valence-electron chi connectivity index (χ0n) is 24.1. The molecule has 1 nitrogen and oxygen atoms in total. The average molecular weight is 410 g/mol. The molecule has 176 valence electrons. The van der Waals surface area contributed by atoms with Gasteiger partial charge in [0.2, 0.25) is 0 Å². The first-order valence-corrected chi connectivity index (χ1v) is 11.8. The highest BCUT2D eigenvalue weighted by molar-refractivity contribution is 5.15. The molecule has 0 saturated carbocycles. The van der Waals surface area contributed by atoms with E-state index in [0.717, 1.165) is 0 Å². The Morgan fingerprint density at radius 2 is 0.448 bits per heavy atom. The first-order chi connectivity index (χ1) is 12.0. The van der Waals surface area contributed by atoms with Crippen molar-refractivity contribution < 1.29 is 0 Å². The van der Waals surface area contributed by atoms with Gasteiger partial charge in [0, 0.05) is 5.54 Å². The minimum absolute atomic E-state index is 0.0149. The first-order valence-electron chi connectivity index (χ1n) is 11.8. The lowest BCUT2D eigenvalue weighted by atomic mass is 9.35. The Morgan fingerprint density at radius 1 is 0.276 bits per heavy atom. The smallest absolute Gasteiger partial charge is 0.0154 e. The third-order valence-corrected chi connectivity index (χ3v) is 12.9. The van der Waals surface area contributed by atoms with E-state index in [2.05, 4.69) is 132 Å². The van der Waals surface area contributed by atoms with E-state index in [1.165, 1.54) is 0 Å². The summed E-state index contributed by atoms with van der Waals surface area (Å²) < 4.78 is 0. The monoisotopic (exact) mass is 409 g/mol. The second-order valence-electron chi connectivity index (χ2n) is 15.3. The van der Waals surface area contributed by atoms with Gasteiger partial charge in [-0.25, -0.2) is 0 Å². The fraction of sp³-hybridized carbons (Fsp3) is 1.00. The van der Waals surface area contributed by atoms with E-state index in [1.807, 2.05) is 0 Å². The fourth-order valence-corrected chi connectivity index (χ4v) is 5.65. The molecule has 0 radical (unpaired) electrons. The maximum absolute atomic E-state index is 6.76. The summed E-state index contributed by atoms with van der Waals surface area (Å²) in [5, 5.41) is 0. The average Bonchev–Trinajstić information content (AvgIpc) is 2.43. The van der Waals surface area contributed by atoms with Crippen LogP contribution in [-0.2, 0) is 0 Å². The molecule has 0 aliphatic carbocycles. The van der Waals surface area contributed by atoms with Gasteiger partial charge in [0.1, 0.15) is 0 Å². The van der Waals surface area contributed by atoms with Crippen molar-refractivity contribution in [2.24, 2.45) is 49.1 Å². The van der Waals surface area contributed by atoms with Crippen LogP contribution in [0.3, 0.4) is 0 Å². The lowest BCUT2D eigenvalue weighted by Crippen LogP contribution is -2.66. The topological polar surface area (TPSA) is 26.0 Å². The number of hydrogen-bond acceptors (Lipinski definition) is 1. The highest BCUT2D eigenvalue weighted by atomic mass is 14.8. The van der Waals surface area contributed by atoms with E-state index in [0.29, 0.717) is 0 Å². The molecule has 0 aliphatic rings. The first kappa shape index (κ1) is 29.0. The molecule has 2 N–H and O–H groups in total. The molecule has 0 spiro atoms. The zero-order chi connectivity index (χ0) is 24.5. The molecule has 0 fully saturated rings. The molecular weight excluding hydrogens is 350 g/mol. The van der Waals surface area contributed by atoms with Gasteiger partial charge in [-0.1, -0.05) is 118 Å². The summed E-state index contributed by atoms with van der Waals surface area (Å²) >= 11 is 0. The van der Waals surface area contributed by atoms with Crippen molar-refractivity contribution in [1.82, 2.24) is 0 Å². The Bertz CT molecular complexity index is 529. The van der Waals surface area contributed by atoms with Crippen LogP contribution in [0.4, 0.5) is 0 Å². The molecule has 0 amide bonds. The van der Waals surface area contributed by atoms with Gasteiger partial charge in [-0.15, -0.1) is 0 Å². The molecule has 0 aromatic carbocycles. The van der Waals surface area contributed by atoms with E-state index in [4.69, 9.17) is 5.73 Å². The van der Waals surface area contributed by atoms with Crippen LogP contribution in [0.2, 0.25) is 0 Å². The zero-order valence-corrected chi connectivity index (χ0v) is 24.1. The SMILES string of the molecule is CC(C)(C)C(C)(C)C(C)(C)C(C)(C)C(C)(C)C(C)(C)C(C)(C)C(C)(C)C(C)(C)N. The molecule has 0 aromatic rings. The molecule has 29 heavy (non-hydrogen) atoms. The van der Waals surface area contributed by atoms with Gasteiger partial charge in [-0.2, -0.15) is 0 Å². The Kier molecular flexibility index (Phi) is 6.97. The van der Waals surface area contributed by atoms with Gasteiger partial charge >= 0.3 is 0 Å². The third kappa shape index (κ3) is 3.64. The van der Waals surface area contributed by atoms with Gasteiger partial charge in [0.15, 0.2) is 0 Å². The quantitative estimate of drug-likeness (QED) is 0.446. The summed E-state index contributed by atoms with van der Waals surface area (Å²) in [4.78, 5) is 0. The van der Waals surface area contributed by atoms with Gasteiger partial charge in [0.25, 0.3) is 0 Å². The predicted molar refractivity (Wildman–Crippen MR) is 134 cm³/mol. The van der Waals surface area contributed by atoms with Crippen LogP contribution < -0.4 is 5.73 Å². The van der Waals surface area contributed by atoms with Crippen LogP contribution in [0.1, 0.15) is 132 Å². The Labute approximate surface area is 186 Å². The Morgan fingerprint density at radius 3 is 0.621 bits per heavy atom. The standard InChI is InChI=1S/C28H59N/c1-20(2,3)21(4,5)22(6,7)23(8,9)24(10,11)25(12,13)26(14,15)27(16,17)28(18,19)29/h29H2,1-19H3. The second-order valence-corrected chi connectivity index (χ2v) is 15.3. The van der Waals surface area contributed by atoms with E-state index in [1.54, 1.807) is 0 Å². The molecule has 1 heteroatoms. The van der Waals surface area contributed by atoms with Gasteiger partial charge in [-0.05, 0) is 57.2 Å². The molecule has 0 bridgehead atoms. The minimum atomic E-state index is -0.270. The van der Waals surface area contributed by atoms with Crippen molar-refractivity contribution in [2.75, 3.05) is 0 Å². The summed E-state index contributed by atoms with van der Waals surface area (Å²) in [7, 11) is 0. The van der Waals surface area contributed by atoms with Crippen molar-refractivity contribution in [3.05, 3.63) is 0 Å². The van der Waals surface area contributed by atoms with E-state index >= 15 is 0 Å². The van der Waals surface area contributed by atoms with Gasteiger partial charge < -0.3 is 5.73 Å². The number of rotatable bonds is 7. The van der Waals surface area contributed by atoms with Crippen LogP contribution >= 0.6 is 0 Å². The highest BCUT2D eigenvalue weighted by Crippen LogP contribution is 2.71. The molecular formula is C28H59N. The summed E-state index contributed by atoms with van der Waals surface area (Å²) in [6, 6.07) is 0. The minimum Gasteiger partial charge on any atom is -0.325 e. The van der Waals surface area contributed by atoms with Crippen LogP contribution in [0, 0.1) is 43.3 Å². The van der Waals surface area contributed by atoms with Crippen molar-refractivity contribution >= 4 is 0 Å². The number of hydrogen-bond donors (Lipinski definition) is 1. The molecule has 0 atom stereocenters. The predicted octanol–water partition coefficient (Wildman–Crippen LogP) is 8.95. The third-order valence-electron chi connectivity index (χ3n) is 12.9. The highest BCUT2D eigenvalue weighted by Gasteiger charge is 2.66. The molecule has 0 unspecified atom stereocenters. The van der Waals surface area contributed by atoms with Crippen LogP contribution in [-0.4, -0.2) is 5.54 Å². The Balaban J connectivity index is 6.82. The summed E-state index contributed by atoms with van der Waals surface area (Å²) in [5.41, 5.74) is 7.11. The fourth-order valence-electron chi connectivity index (χ4n) is 5.65. The number of nitrogens with two attached hydrogens (primary N) is 1. The van der Waals surface area contributed by atoms with Gasteiger partial charge in [0.05, 0.1) is 0 Å². The lowest BCUT2D eigenvalue weighted by Gasteiger charge is -2.70. The Hall–Kier alpha value is -0.0400. The molecule has 0 heterocycles. The van der Waals surface area contributed by atoms with Crippen molar-refractivity contribution in [3.63, 3.8) is 0 Å². The molecule has 0 aromatic heterocycles. The maximum atomic E-state index is 6.76. The van der Waals surface area contributed by atoms with Gasteiger partial charge in [-0.3, -0.25) is 0 Å². The second kappa shape index (κ2) is 6.98. The van der Waals surface area contributed by atoms with Crippen LogP contribution in [0.5, 0.6) is 0 Å². The van der Waals surface area contributed by atoms with Crippen molar-refractivity contribution in [3.8, 4) is 0 Å². The molecule has 0 rings (SSSR count). The summed E-state index contributed by atoms with van der Waals surface area (Å²) in [6.07, 6.45) is 0. The van der Waals surface area contributed by atoms with Crippen molar-refractivity contribution in [2.45, 2.75) is 137 Å². The summed E-state index contributed by atoms with van der Waals surface area (Å²) in [6.45, 7) is 46.1. The summed E-state index contributed by atoms with van der Waals surface area (Å²) in [5.74, 6) is 0. The largest absolute Gasteiger partial charge is 0.325 e. The molecule has 0 aliphatic heterocycles. The van der Waals surface area contributed by atoms with Crippen LogP contribution in [0.25, 0.3) is 0 Å². The van der Waals surface area contributed by atoms with Crippen LogP contribution in [0.15, 0.2) is 0 Å².